The van der Waals surface area contributed by atoms with Crippen LogP contribution in [0.1, 0.15) is 27.2 Å². The molecule has 3 aromatic rings. The lowest BCUT2D eigenvalue weighted by Gasteiger charge is -2.16. The van der Waals surface area contributed by atoms with E-state index in [0.29, 0.717) is 12.2 Å². The van der Waals surface area contributed by atoms with Crippen LogP contribution >= 0.6 is 0 Å². The number of likely N-dealkylation sites (N-methyl/N-ethyl adjacent to an activating group) is 1. The van der Waals surface area contributed by atoms with Gasteiger partial charge >= 0.3 is 0 Å². The van der Waals surface area contributed by atoms with Crippen LogP contribution < -0.4 is 4.74 Å². The van der Waals surface area contributed by atoms with E-state index in [1.54, 1.807) is 16.7 Å². The van der Waals surface area contributed by atoms with Crippen LogP contribution in [0.3, 0.4) is 0 Å². The van der Waals surface area contributed by atoms with E-state index < -0.39 is 0 Å². The third-order valence-corrected chi connectivity index (χ3v) is 5.16. The van der Waals surface area contributed by atoms with Crippen molar-refractivity contribution in [1.82, 2.24) is 14.7 Å². The first-order chi connectivity index (χ1) is 13.4. The Morgan fingerprint density at radius 3 is 2.57 bits per heavy atom. The highest BCUT2D eigenvalue weighted by atomic mass is 16.5. The average molecular weight is 377 g/mol. The molecule has 0 radical (unpaired) electrons. The molecule has 0 aliphatic carbocycles. The maximum Gasteiger partial charge on any atom is 0.274 e. The second-order valence-corrected chi connectivity index (χ2v) is 7.13. The second-order valence-electron chi connectivity index (χ2n) is 7.13. The Labute approximate surface area is 166 Å². The number of hydrogen-bond acceptors (Lipinski definition) is 3. The lowest BCUT2D eigenvalue weighted by atomic mass is 10.0. The maximum atomic E-state index is 12.9. The Morgan fingerprint density at radius 1 is 1.11 bits per heavy atom. The molecule has 0 fully saturated rings. The monoisotopic (exact) mass is 377 g/mol. The van der Waals surface area contributed by atoms with Gasteiger partial charge in [-0.15, -0.1) is 0 Å². The highest BCUT2D eigenvalue weighted by Crippen LogP contribution is 2.23. The first kappa shape index (κ1) is 19.7. The summed E-state index contributed by atoms with van der Waals surface area (Å²) in [7, 11) is 5.34. The largest absolute Gasteiger partial charge is 0.496 e. The minimum Gasteiger partial charge on any atom is -0.496 e. The number of ether oxygens (including phenoxy) is 1. The van der Waals surface area contributed by atoms with Crippen molar-refractivity contribution >= 4 is 5.91 Å². The van der Waals surface area contributed by atoms with Crippen molar-refractivity contribution in [3.63, 3.8) is 0 Å². The lowest BCUT2D eigenvalue weighted by molar-refractivity contribution is 0.0790. The van der Waals surface area contributed by atoms with Gasteiger partial charge in [0.2, 0.25) is 0 Å². The molecule has 0 atom stereocenters. The number of nitrogens with zero attached hydrogens (tertiary/aromatic N) is 3. The van der Waals surface area contributed by atoms with E-state index in [0.717, 1.165) is 29.0 Å². The third-order valence-electron chi connectivity index (χ3n) is 5.16. The van der Waals surface area contributed by atoms with Crippen LogP contribution in [0.5, 0.6) is 5.75 Å². The van der Waals surface area contributed by atoms with Gasteiger partial charge in [-0.2, -0.15) is 5.10 Å². The Morgan fingerprint density at radius 2 is 1.86 bits per heavy atom. The number of carbonyl (C=O) groups is 1. The van der Waals surface area contributed by atoms with Gasteiger partial charge in [0.1, 0.15) is 5.75 Å². The average Bonchev–Trinajstić information content (AvgIpc) is 3.09. The first-order valence-electron chi connectivity index (χ1n) is 9.39. The van der Waals surface area contributed by atoms with E-state index in [1.807, 2.05) is 44.4 Å². The summed E-state index contributed by atoms with van der Waals surface area (Å²) < 4.78 is 7.16. The van der Waals surface area contributed by atoms with Crippen LogP contribution in [0.4, 0.5) is 0 Å². The van der Waals surface area contributed by atoms with Crippen molar-refractivity contribution in [2.24, 2.45) is 7.05 Å². The number of carbonyl (C=O) groups excluding carboxylic acids is 1. The zero-order valence-corrected chi connectivity index (χ0v) is 17.2. The predicted molar refractivity (Wildman–Crippen MR) is 112 cm³/mol. The van der Waals surface area contributed by atoms with E-state index in [4.69, 9.17) is 4.74 Å². The van der Waals surface area contributed by atoms with E-state index in [2.05, 4.69) is 37.1 Å². The van der Waals surface area contributed by atoms with Gasteiger partial charge in [0.15, 0.2) is 5.69 Å². The zero-order valence-electron chi connectivity index (χ0n) is 17.2. The summed E-state index contributed by atoms with van der Waals surface area (Å²) in [4.78, 5) is 14.6. The molecule has 0 N–H and O–H groups in total. The van der Waals surface area contributed by atoms with Crippen molar-refractivity contribution in [2.45, 2.75) is 20.3 Å². The highest BCUT2D eigenvalue weighted by Gasteiger charge is 2.18. The fourth-order valence-electron chi connectivity index (χ4n) is 3.24. The van der Waals surface area contributed by atoms with Crippen molar-refractivity contribution in [2.75, 3.05) is 20.7 Å². The molecule has 1 heterocycles. The summed E-state index contributed by atoms with van der Waals surface area (Å²) in [5.41, 5.74) is 6.01. The number of amides is 1. The Bertz CT molecular complexity index is 991. The molecular weight excluding hydrogens is 350 g/mol. The second kappa shape index (κ2) is 8.30. The predicted octanol–water partition coefficient (Wildman–Crippen LogP) is 4.03. The molecule has 5 heteroatoms. The van der Waals surface area contributed by atoms with Gasteiger partial charge in [0, 0.05) is 26.2 Å². The molecule has 0 aliphatic heterocycles. The van der Waals surface area contributed by atoms with Crippen molar-refractivity contribution in [3.8, 4) is 17.0 Å². The molecule has 146 valence electrons. The molecule has 1 aromatic heterocycles. The number of rotatable bonds is 6. The lowest BCUT2D eigenvalue weighted by Crippen LogP contribution is -2.29. The quantitative estimate of drug-likeness (QED) is 0.652. The fraction of sp³-hybridized carbons (Fsp3) is 0.304. The van der Waals surface area contributed by atoms with Crippen LogP contribution in [0.2, 0.25) is 0 Å². The van der Waals surface area contributed by atoms with Crippen LogP contribution in [-0.4, -0.2) is 41.3 Å². The Hall–Kier alpha value is -3.08. The van der Waals surface area contributed by atoms with E-state index in [-0.39, 0.29) is 5.91 Å². The highest BCUT2D eigenvalue weighted by molar-refractivity contribution is 5.93. The summed E-state index contributed by atoms with van der Waals surface area (Å²) in [6.07, 6.45) is 0.725. The summed E-state index contributed by atoms with van der Waals surface area (Å²) >= 11 is 0. The van der Waals surface area contributed by atoms with Gasteiger partial charge in [0.25, 0.3) is 5.91 Å². The molecule has 0 saturated carbocycles. The summed E-state index contributed by atoms with van der Waals surface area (Å²) in [5, 5.41) is 4.45. The molecule has 5 nitrogen and oxygen atoms in total. The smallest absolute Gasteiger partial charge is 0.274 e. The van der Waals surface area contributed by atoms with Crippen molar-refractivity contribution in [3.05, 3.63) is 70.9 Å². The van der Waals surface area contributed by atoms with Gasteiger partial charge in [-0.05, 0) is 55.2 Å². The van der Waals surface area contributed by atoms with Crippen LogP contribution in [-0.2, 0) is 13.5 Å². The standard InChI is InChI=1S/C23H27N3O2/c1-16-10-11-19(14-17(16)2)21-15-20(24-26(21)4)23(27)25(3)13-12-18-8-6-7-9-22(18)28-5/h6-11,14-15H,12-13H2,1-5H3. The van der Waals surface area contributed by atoms with Gasteiger partial charge in [-0.25, -0.2) is 0 Å². The van der Waals surface area contributed by atoms with Crippen LogP contribution in [0, 0.1) is 13.8 Å². The molecule has 0 aliphatic rings. The molecule has 0 unspecified atom stereocenters. The SMILES string of the molecule is COc1ccccc1CCN(C)C(=O)c1cc(-c2ccc(C)c(C)c2)n(C)n1. The molecule has 1 amide bonds. The van der Waals surface area contributed by atoms with E-state index in [9.17, 15) is 4.79 Å². The molecule has 2 aromatic carbocycles. The third kappa shape index (κ3) is 4.09. The number of para-hydroxylation sites is 1. The van der Waals surface area contributed by atoms with Gasteiger partial charge in [-0.3, -0.25) is 9.48 Å². The van der Waals surface area contributed by atoms with Gasteiger partial charge in [0.05, 0.1) is 12.8 Å². The topological polar surface area (TPSA) is 47.4 Å². The van der Waals surface area contributed by atoms with Crippen LogP contribution in [0.25, 0.3) is 11.3 Å². The molecule has 3 rings (SSSR count). The summed E-state index contributed by atoms with van der Waals surface area (Å²) in [6, 6.07) is 16.0. The Kier molecular flexibility index (Phi) is 5.83. The number of methoxy groups -OCH3 is 1. The molecule has 0 bridgehead atoms. The van der Waals surface area contributed by atoms with Crippen molar-refractivity contribution < 1.29 is 9.53 Å². The number of benzene rings is 2. The van der Waals surface area contributed by atoms with Gasteiger partial charge in [-0.1, -0.05) is 30.3 Å². The normalized spacial score (nSPS) is 10.8. The minimum absolute atomic E-state index is 0.0828. The zero-order chi connectivity index (χ0) is 20.3. The van der Waals surface area contributed by atoms with Gasteiger partial charge < -0.3 is 9.64 Å². The molecule has 0 saturated heterocycles. The Balaban J connectivity index is 1.74. The number of aryl methyl sites for hydroxylation is 3. The molecule has 28 heavy (non-hydrogen) atoms. The van der Waals surface area contributed by atoms with E-state index in [1.165, 1.54) is 11.1 Å². The van der Waals surface area contributed by atoms with Crippen LogP contribution in [0.15, 0.2) is 48.5 Å². The maximum absolute atomic E-state index is 12.9. The number of aromatic nitrogens is 2. The number of hydrogen-bond donors (Lipinski definition) is 0. The van der Waals surface area contributed by atoms with E-state index >= 15 is 0 Å². The summed E-state index contributed by atoms with van der Waals surface area (Å²) in [6.45, 7) is 4.77. The molecule has 0 spiro atoms. The summed E-state index contributed by atoms with van der Waals surface area (Å²) in [5.74, 6) is 0.763. The minimum atomic E-state index is -0.0828. The first-order valence-corrected chi connectivity index (χ1v) is 9.39. The molecular formula is C23H27N3O2. The van der Waals surface area contributed by atoms with Crippen molar-refractivity contribution in [1.29, 1.82) is 0 Å². The fourth-order valence-corrected chi connectivity index (χ4v) is 3.24.